The number of amides is 2. The van der Waals surface area contributed by atoms with Crippen molar-refractivity contribution in [2.45, 2.75) is 49.8 Å². The second-order valence-corrected chi connectivity index (χ2v) is 8.57. The van der Waals surface area contributed by atoms with Gasteiger partial charge >= 0.3 is 0 Å². The molecule has 1 fully saturated rings. The van der Waals surface area contributed by atoms with E-state index >= 15 is 0 Å². The van der Waals surface area contributed by atoms with Crippen molar-refractivity contribution < 1.29 is 9.59 Å². The Morgan fingerprint density at radius 2 is 1.97 bits per heavy atom. The number of nitrogens with one attached hydrogen (secondary N) is 1. The van der Waals surface area contributed by atoms with Crippen molar-refractivity contribution >= 4 is 34.3 Å². The Bertz CT molecular complexity index is 1070. The Balaban J connectivity index is 1.40. The van der Waals surface area contributed by atoms with Crippen molar-refractivity contribution in [1.82, 2.24) is 20.1 Å². The van der Waals surface area contributed by atoms with Crippen LogP contribution in [0.25, 0.3) is 10.8 Å². The van der Waals surface area contributed by atoms with Crippen LogP contribution in [0.2, 0.25) is 0 Å². The van der Waals surface area contributed by atoms with Crippen molar-refractivity contribution in [2.75, 3.05) is 5.75 Å². The molecule has 1 unspecified atom stereocenters. The van der Waals surface area contributed by atoms with E-state index in [-0.39, 0.29) is 30.0 Å². The average molecular weight is 424 g/mol. The molecule has 1 aromatic heterocycles. The minimum absolute atomic E-state index is 0.0714. The molecule has 0 aliphatic heterocycles. The van der Waals surface area contributed by atoms with Crippen molar-refractivity contribution in [3.63, 3.8) is 0 Å². The van der Waals surface area contributed by atoms with E-state index in [0.29, 0.717) is 17.6 Å². The molecule has 3 N–H and O–H groups in total. The maximum Gasteiger partial charge on any atom is 0.230 e. The highest BCUT2D eigenvalue weighted by atomic mass is 32.2. The first kappa shape index (κ1) is 20.4. The van der Waals surface area contributed by atoms with Crippen LogP contribution in [0.3, 0.4) is 0 Å². The Morgan fingerprint density at radius 1 is 1.20 bits per heavy atom. The molecule has 1 aliphatic rings. The predicted octanol–water partition coefficient (Wildman–Crippen LogP) is 3.15. The van der Waals surface area contributed by atoms with Crippen LogP contribution in [0.4, 0.5) is 0 Å². The topological polar surface area (TPSA) is 103 Å². The number of primary amides is 1. The number of nitrogens with zero attached hydrogens (tertiary/aromatic N) is 3. The number of carbonyl (C=O) groups excluding carboxylic acids is 2. The van der Waals surface area contributed by atoms with Gasteiger partial charge in [0.15, 0.2) is 5.16 Å². The first-order chi connectivity index (χ1) is 14.5. The van der Waals surface area contributed by atoms with E-state index in [1.165, 1.54) is 11.8 Å². The first-order valence-corrected chi connectivity index (χ1v) is 11.1. The molecule has 4 rings (SSSR count). The number of hydrogen-bond donors (Lipinski definition) is 2. The van der Waals surface area contributed by atoms with Crippen LogP contribution in [-0.4, -0.2) is 32.3 Å². The van der Waals surface area contributed by atoms with Crippen LogP contribution in [0.1, 0.15) is 49.5 Å². The summed E-state index contributed by atoms with van der Waals surface area (Å²) >= 11 is 1.34. The molecule has 1 heterocycles. The van der Waals surface area contributed by atoms with E-state index in [9.17, 15) is 9.59 Å². The van der Waals surface area contributed by atoms with Gasteiger partial charge in [0.25, 0.3) is 0 Å². The molecule has 7 nitrogen and oxygen atoms in total. The Labute approximate surface area is 179 Å². The van der Waals surface area contributed by atoms with Crippen LogP contribution in [-0.2, 0) is 16.1 Å². The summed E-state index contributed by atoms with van der Waals surface area (Å²) in [6.45, 7) is 2.44. The van der Waals surface area contributed by atoms with E-state index in [1.807, 2.05) is 35.8 Å². The largest absolute Gasteiger partial charge is 0.370 e. The second kappa shape index (κ2) is 8.87. The fourth-order valence-electron chi connectivity index (χ4n) is 3.60. The Hall–Kier alpha value is -2.87. The van der Waals surface area contributed by atoms with Gasteiger partial charge in [0.05, 0.1) is 11.8 Å². The molecule has 2 amide bonds. The molecular formula is C22H25N5O2S. The van der Waals surface area contributed by atoms with Gasteiger partial charge in [0.1, 0.15) is 5.82 Å². The number of carbonyl (C=O) groups is 2. The molecular weight excluding hydrogens is 398 g/mol. The SMILES string of the molecule is CC(NC(=O)CSc1nnc(C2CC2)n1CCC(N)=O)c1cccc2ccccc12. The fraction of sp³-hybridized carbons (Fsp3) is 0.364. The summed E-state index contributed by atoms with van der Waals surface area (Å²) in [5.41, 5.74) is 6.40. The summed E-state index contributed by atoms with van der Waals surface area (Å²) in [5.74, 6) is 1.10. The lowest BCUT2D eigenvalue weighted by molar-refractivity contribution is -0.119. The number of hydrogen-bond acceptors (Lipinski definition) is 5. The number of benzene rings is 2. The highest BCUT2D eigenvalue weighted by molar-refractivity contribution is 7.99. The smallest absolute Gasteiger partial charge is 0.230 e. The average Bonchev–Trinajstić information content (AvgIpc) is 3.50. The molecule has 1 saturated carbocycles. The van der Waals surface area contributed by atoms with Crippen LogP contribution >= 0.6 is 11.8 Å². The van der Waals surface area contributed by atoms with Gasteiger partial charge in [-0.25, -0.2) is 0 Å². The maximum atomic E-state index is 12.6. The molecule has 0 radical (unpaired) electrons. The fourth-order valence-corrected chi connectivity index (χ4v) is 4.38. The molecule has 3 aromatic rings. The van der Waals surface area contributed by atoms with E-state index in [4.69, 9.17) is 5.73 Å². The summed E-state index contributed by atoms with van der Waals surface area (Å²) in [7, 11) is 0. The molecule has 8 heteroatoms. The zero-order valence-electron chi connectivity index (χ0n) is 16.9. The lowest BCUT2D eigenvalue weighted by Crippen LogP contribution is -2.28. The summed E-state index contributed by atoms with van der Waals surface area (Å²) in [5, 5.41) is 14.6. The number of fused-ring (bicyclic) bond motifs is 1. The van der Waals surface area contributed by atoms with Gasteiger partial charge in [-0.05, 0) is 36.1 Å². The van der Waals surface area contributed by atoms with Crippen molar-refractivity contribution in [3.05, 3.63) is 53.9 Å². The first-order valence-electron chi connectivity index (χ1n) is 10.1. The third kappa shape index (κ3) is 4.64. The zero-order chi connectivity index (χ0) is 21.1. The molecule has 1 atom stereocenters. The Morgan fingerprint density at radius 3 is 2.73 bits per heavy atom. The van der Waals surface area contributed by atoms with Crippen molar-refractivity contribution in [1.29, 1.82) is 0 Å². The van der Waals surface area contributed by atoms with Gasteiger partial charge in [-0.1, -0.05) is 54.2 Å². The second-order valence-electron chi connectivity index (χ2n) is 7.63. The molecule has 0 bridgehead atoms. The van der Waals surface area contributed by atoms with Gasteiger partial charge in [-0.15, -0.1) is 10.2 Å². The maximum absolute atomic E-state index is 12.6. The van der Waals surface area contributed by atoms with Gasteiger partial charge in [0, 0.05) is 18.9 Å². The van der Waals surface area contributed by atoms with Gasteiger partial charge in [-0.3, -0.25) is 9.59 Å². The number of thioether (sulfide) groups is 1. The Kier molecular flexibility index (Phi) is 6.03. The van der Waals surface area contributed by atoms with Crippen LogP contribution < -0.4 is 11.1 Å². The van der Waals surface area contributed by atoms with Gasteiger partial charge in [0.2, 0.25) is 11.8 Å². The number of nitrogens with two attached hydrogens (primary N) is 1. The monoisotopic (exact) mass is 423 g/mol. The highest BCUT2D eigenvalue weighted by Crippen LogP contribution is 2.40. The van der Waals surface area contributed by atoms with Crippen molar-refractivity contribution in [3.8, 4) is 0 Å². The van der Waals surface area contributed by atoms with Gasteiger partial charge < -0.3 is 15.6 Å². The van der Waals surface area contributed by atoms with E-state index in [0.717, 1.165) is 35.0 Å². The molecule has 0 saturated heterocycles. The van der Waals surface area contributed by atoms with E-state index in [2.05, 4.69) is 33.7 Å². The lowest BCUT2D eigenvalue weighted by atomic mass is 10.00. The summed E-state index contributed by atoms with van der Waals surface area (Å²) in [6, 6.07) is 14.2. The van der Waals surface area contributed by atoms with E-state index in [1.54, 1.807) is 0 Å². The van der Waals surface area contributed by atoms with Crippen molar-refractivity contribution in [2.24, 2.45) is 5.73 Å². The normalized spacial score (nSPS) is 14.6. The predicted molar refractivity (Wildman–Crippen MR) is 117 cm³/mol. The minimum Gasteiger partial charge on any atom is -0.370 e. The number of aromatic nitrogens is 3. The molecule has 156 valence electrons. The van der Waals surface area contributed by atoms with Crippen LogP contribution in [0.15, 0.2) is 47.6 Å². The lowest BCUT2D eigenvalue weighted by Gasteiger charge is -2.16. The summed E-state index contributed by atoms with van der Waals surface area (Å²) in [6.07, 6.45) is 2.40. The third-order valence-electron chi connectivity index (χ3n) is 5.27. The third-order valence-corrected chi connectivity index (χ3v) is 6.24. The molecule has 30 heavy (non-hydrogen) atoms. The van der Waals surface area contributed by atoms with Crippen LogP contribution in [0.5, 0.6) is 0 Å². The zero-order valence-corrected chi connectivity index (χ0v) is 17.7. The van der Waals surface area contributed by atoms with Crippen LogP contribution in [0, 0.1) is 0 Å². The quantitative estimate of drug-likeness (QED) is 0.515. The molecule has 1 aliphatic carbocycles. The minimum atomic E-state index is -0.358. The standard InChI is InChI=1S/C22H25N5O2S/c1-14(17-8-4-6-15-5-2-3-7-18(15)17)24-20(29)13-30-22-26-25-21(16-9-10-16)27(22)12-11-19(23)28/h2-8,14,16H,9-13H2,1H3,(H2,23,28)(H,24,29). The molecule has 2 aromatic carbocycles. The number of rotatable bonds is 9. The summed E-state index contributed by atoms with van der Waals surface area (Å²) < 4.78 is 1.94. The summed E-state index contributed by atoms with van der Waals surface area (Å²) in [4.78, 5) is 23.8. The van der Waals surface area contributed by atoms with E-state index < -0.39 is 0 Å². The highest BCUT2D eigenvalue weighted by Gasteiger charge is 2.30. The molecule has 0 spiro atoms. The van der Waals surface area contributed by atoms with Gasteiger partial charge in [-0.2, -0.15) is 0 Å².